The molecule has 2 rings (SSSR count). The van der Waals surface area contributed by atoms with Crippen LogP contribution in [0.3, 0.4) is 0 Å². The normalized spacial score (nSPS) is 17.6. The van der Waals surface area contributed by atoms with Crippen molar-refractivity contribution in [1.29, 1.82) is 0 Å². The average molecular weight is 366 g/mol. The minimum atomic E-state index is 0.194. The molecule has 2 N–H and O–H groups in total. The maximum absolute atomic E-state index is 5.44. The van der Waals surface area contributed by atoms with Crippen molar-refractivity contribution in [1.82, 2.24) is 15.5 Å². The Balaban J connectivity index is 1.99. The van der Waals surface area contributed by atoms with E-state index in [1.165, 1.54) is 24.8 Å². The first-order valence-corrected chi connectivity index (χ1v) is 9.46. The lowest BCUT2D eigenvalue weighted by molar-refractivity contribution is 0.163. The highest BCUT2D eigenvalue weighted by Gasteiger charge is 2.22. The molecule has 0 bridgehead atoms. The van der Waals surface area contributed by atoms with Crippen LogP contribution in [-0.2, 0) is 4.74 Å². The summed E-state index contributed by atoms with van der Waals surface area (Å²) in [6.45, 7) is 5.76. The van der Waals surface area contributed by atoms with E-state index in [9.17, 15) is 0 Å². The molecule has 1 fully saturated rings. The van der Waals surface area contributed by atoms with Gasteiger partial charge in [0.05, 0.1) is 19.8 Å². The molecule has 1 aliphatic rings. The lowest BCUT2D eigenvalue weighted by atomic mass is 10.0. The SMILES string of the molecule is COCC(C)NC(=S)NCC(c1ccc(OC)cc1)N1CCCCC1. The number of ether oxygens (including phenoxy) is 2. The van der Waals surface area contributed by atoms with E-state index in [1.54, 1.807) is 14.2 Å². The monoisotopic (exact) mass is 365 g/mol. The van der Waals surface area contributed by atoms with Crippen molar-refractivity contribution in [3.05, 3.63) is 29.8 Å². The number of rotatable bonds is 8. The highest BCUT2D eigenvalue weighted by molar-refractivity contribution is 7.80. The third-order valence-electron chi connectivity index (χ3n) is 4.58. The molecule has 0 radical (unpaired) electrons. The highest BCUT2D eigenvalue weighted by Crippen LogP contribution is 2.25. The molecule has 1 aromatic rings. The maximum Gasteiger partial charge on any atom is 0.166 e. The van der Waals surface area contributed by atoms with Crippen LogP contribution in [0.2, 0.25) is 0 Å². The molecule has 0 aliphatic carbocycles. The molecule has 6 heteroatoms. The number of hydrogen-bond acceptors (Lipinski definition) is 4. The van der Waals surface area contributed by atoms with E-state index < -0.39 is 0 Å². The molecule has 1 aliphatic heterocycles. The first kappa shape index (κ1) is 19.9. The van der Waals surface area contributed by atoms with Crippen LogP contribution in [0.4, 0.5) is 0 Å². The number of nitrogens with zero attached hydrogens (tertiary/aromatic N) is 1. The maximum atomic E-state index is 5.44. The van der Waals surface area contributed by atoms with Crippen LogP contribution < -0.4 is 15.4 Å². The Morgan fingerprint density at radius 3 is 2.44 bits per heavy atom. The second kappa shape index (κ2) is 10.6. The van der Waals surface area contributed by atoms with Gasteiger partial charge in [-0.05, 0) is 62.8 Å². The number of methoxy groups -OCH3 is 2. The van der Waals surface area contributed by atoms with Gasteiger partial charge in [-0.25, -0.2) is 0 Å². The van der Waals surface area contributed by atoms with E-state index >= 15 is 0 Å². The van der Waals surface area contributed by atoms with Gasteiger partial charge in [-0.2, -0.15) is 0 Å². The zero-order chi connectivity index (χ0) is 18.1. The first-order valence-electron chi connectivity index (χ1n) is 9.05. The molecule has 0 spiro atoms. The van der Waals surface area contributed by atoms with Gasteiger partial charge in [0.15, 0.2) is 5.11 Å². The molecule has 140 valence electrons. The fourth-order valence-corrected chi connectivity index (χ4v) is 3.55. The average Bonchev–Trinajstić information content (AvgIpc) is 2.63. The standard InChI is InChI=1S/C19H31N3O2S/c1-15(14-23-2)21-19(25)20-13-18(22-11-5-4-6-12-22)16-7-9-17(24-3)10-8-16/h7-10,15,18H,4-6,11-14H2,1-3H3,(H2,20,21,25). The van der Waals surface area contributed by atoms with E-state index in [0.717, 1.165) is 25.4 Å². The Morgan fingerprint density at radius 1 is 1.16 bits per heavy atom. The molecular formula is C19H31N3O2S. The molecule has 1 saturated heterocycles. The molecular weight excluding hydrogens is 334 g/mol. The van der Waals surface area contributed by atoms with Gasteiger partial charge in [-0.3, -0.25) is 4.90 Å². The molecule has 1 heterocycles. The van der Waals surface area contributed by atoms with Crippen molar-refractivity contribution in [2.24, 2.45) is 0 Å². The second-order valence-electron chi connectivity index (χ2n) is 6.60. The Bertz CT molecular complexity index is 518. The summed E-state index contributed by atoms with van der Waals surface area (Å²) in [5.41, 5.74) is 1.29. The molecule has 0 aromatic heterocycles. The summed E-state index contributed by atoms with van der Waals surface area (Å²) in [5.74, 6) is 0.889. The Hall–Kier alpha value is -1.37. The zero-order valence-electron chi connectivity index (χ0n) is 15.6. The number of nitrogens with one attached hydrogen (secondary N) is 2. The number of thiocarbonyl (C=S) groups is 1. The summed E-state index contributed by atoms with van der Waals surface area (Å²) < 4.78 is 10.4. The van der Waals surface area contributed by atoms with Crippen molar-refractivity contribution < 1.29 is 9.47 Å². The minimum Gasteiger partial charge on any atom is -0.497 e. The largest absolute Gasteiger partial charge is 0.497 e. The lowest BCUT2D eigenvalue weighted by Gasteiger charge is -2.35. The number of piperidine rings is 1. The Morgan fingerprint density at radius 2 is 1.84 bits per heavy atom. The molecule has 25 heavy (non-hydrogen) atoms. The number of likely N-dealkylation sites (tertiary alicyclic amines) is 1. The van der Waals surface area contributed by atoms with Gasteiger partial charge in [0.1, 0.15) is 5.75 Å². The van der Waals surface area contributed by atoms with Gasteiger partial charge in [-0.1, -0.05) is 18.6 Å². The van der Waals surface area contributed by atoms with Crippen LogP contribution >= 0.6 is 12.2 Å². The quantitative estimate of drug-likeness (QED) is 0.691. The Labute approximate surface area is 157 Å². The molecule has 0 saturated carbocycles. The smallest absolute Gasteiger partial charge is 0.166 e. The van der Waals surface area contributed by atoms with Crippen LogP contribution in [0.25, 0.3) is 0 Å². The first-order chi connectivity index (χ1) is 12.1. The van der Waals surface area contributed by atoms with Gasteiger partial charge >= 0.3 is 0 Å². The fourth-order valence-electron chi connectivity index (χ4n) is 3.27. The van der Waals surface area contributed by atoms with E-state index in [2.05, 4.69) is 34.6 Å². The predicted molar refractivity (Wildman–Crippen MR) is 106 cm³/mol. The predicted octanol–water partition coefficient (Wildman–Crippen LogP) is 2.72. The fraction of sp³-hybridized carbons (Fsp3) is 0.632. The molecule has 2 atom stereocenters. The third kappa shape index (κ3) is 6.45. The van der Waals surface area contributed by atoms with Crippen LogP contribution in [0.5, 0.6) is 5.75 Å². The third-order valence-corrected chi connectivity index (χ3v) is 4.84. The van der Waals surface area contributed by atoms with Crippen LogP contribution in [0, 0.1) is 0 Å². The van der Waals surface area contributed by atoms with E-state index in [1.807, 2.05) is 12.1 Å². The summed E-state index contributed by atoms with van der Waals surface area (Å²) in [6, 6.07) is 8.88. The summed E-state index contributed by atoms with van der Waals surface area (Å²) >= 11 is 5.44. The molecule has 0 amide bonds. The summed E-state index contributed by atoms with van der Waals surface area (Å²) in [7, 11) is 3.40. The molecule has 5 nitrogen and oxygen atoms in total. The van der Waals surface area contributed by atoms with Crippen LogP contribution in [0.1, 0.15) is 37.8 Å². The van der Waals surface area contributed by atoms with Crippen molar-refractivity contribution in [2.75, 3.05) is 40.5 Å². The zero-order valence-corrected chi connectivity index (χ0v) is 16.4. The van der Waals surface area contributed by atoms with Crippen molar-refractivity contribution in [2.45, 2.75) is 38.3 Å². The minimum absolute atomic E-state index is 0.194. The molecule has 2 unspecified atom stereocenters. The summed E-state index contributed by atoms with van der Waals surface area (Å²) in [4.78, 5) is 2.56. The van der Waals surface area contributed by atoms with E-state index in [-0.39, 0.29) is 6.04 Å². The number of hydrogen-bond donors (Lipinski definition) is 2. The lowest BCUT2D eigenvalue weighted by Crippen LogP contribution is -2.46. The summed E-state index contributed by atoms with van der Waals surface area (Å²) in [6.07, 6.45) is 3.86. The van der Waals surface area contributed by atoms with Gasteiger partial charge < -0.3 is 20.1 Å². The van der Waals surface area contributed by atoms with Gasteiger partial charge in [0.2, 0.25) is 0 Å². The van der Waals surface area contributed by atoms with Gasteiger partial charge in [-0.15, -0.1) is 0 Å². The summed E-state index contributed by atoms with van der Waals surface area (Å²) in [5, 5.41) is 7.33. The van der Waals surface area contributed by atoms with E-state index in [4.69, 9.17) is 21.7 Å². The van der Waals surface area contributed by atoms with Crippen molar-refractivity contribution in [3.63, 3.8) is 0 Å². The Kier molecular flexibility index (Phi) is 8.44. The van der Waals surface area contributed by atoms with Crippen LogP contribution in [0.15, 0.2) is 24.3 Å². The van der Waals surface area contributed by atoms with Crippen LogP contribution in [-0.4, -0.2) is 56.5 Å². The van der Waals surface area contributed by atoms with Gasteiger partial charge in [0, 0.05) is 19.7 Å². The topological polar surface area (TPSA) is 45.8 Å². The van der Waals surface area contributed by atoms with Crippen molar-refractivity contribution in [3.8, 4) is 5.75 Å². The molecule has 1 aromatic carbocycles. The van der Waals surface area contributed by atoms with Gasteiger partial charge in [0.25, 0.3) is 0 Å². The second-order valence-corrected chi connectivity index (χ2v) is 7.00. The number of benzene rings is 1. The van der Waals surface area contributed by atoms with E-state index in [0.29, 0.717) is 17.8 Å². The van der Waals surface area contributed by atoms with Crippen molar-refractivity contribution >= 4 is 17.3 Å². The highest BCUT2D eigenvalue weighted by atomic mass is 32.1.